The number of halogens is 1. The molecule has 14 heavy (non-hydrogen) atoms. The molecule has 0 saturated carbocycles. The van der Waals surface area contributed by atoms with Crippen molar-refractivity contribution in [2.45, 2.75) is 5.92 Å². The number of methoxy groups -OCH3 is 1. The van der Waals surface area contributed by atoms with Crippen LogP contribution in [0, 0.1) is 17.1 Å². The van der Waals surface area contributed by atoms with Crippen molar-refractivity contribution >= 4 is 5.97 Å². The van der Waals surface area contributed by atoms with Gasteiger partial charge in [0, 0.05) is 0 Å². The lowest BCUT2D eigenvalue weighted by atomic mass is 10.0. The third kappa shape index (κ3) is 2.07. The molecule has 0 aliphatic carbocycles. The van der Waals surface area contributed by atoms with Crippen molar-refractivity contribution in [3.8, 4) is 6.07 Å². The lowest BCUT2D eigenvalue weighted by Gasteiger charge is -2.06. The van der Waals surface area contributed by atoms with Gasteiger partial charge in [0.25, 0.3) is 0 Å². The van der Waals surface area contributed by atoms with Gasteiger partial charge < -0.3 is 4.74 Å². The Labute approximate surface area is 80.7 Å². The highest BCUT2D eigenvalue weighted by Gasteiger charge is 2.20. The summed E-state index contributed by atoms with van der Waals surface area (Å²) in [4.78, 5) is 11.1. The Morgan fingerprint density at radius 2 is 2.36 bits per heavy atom. The van der Waals surface area contributed by atoms with Crippen molar-refractivity contribution < 1.29 is 13.9 Å². The Balaban J connectivity index is 3.02. The molecule has 0 fully saturated rings. The van der Waals surface area contributed by atoms with Crippen LogP contribution in [0.15, 0.2) is 24.3 Å². The molecule has 1 aromatic rings. The summed E-state index contributed by atoms with van der Waals surface area (Å²) in [6.45, 7) is 0. The van der Waals surface area contributed by atoms with Crippen LogP contribution in [0.1, 0.15) is 11.5 Å². The van der Waals surface area contributed by atoms with Gasteiger partial charge in [-0.05, 0) is 17.7 Å². The van der Waals surface area contributed by atoms with Crippen LogP contribution in [0.4, 0.5) is 4.39 Å². The van der Waals surface area contributed by atoms with Gasteiger partial charge in [-0.15, -0.1) is 0 Å². The summed E-state index contributed by atoms with van der Waals surface area (Å²) < 4.78 is 17.2. The molecule has 3 nitrogen and oxygen atoms in total. The average molecular weight is 193 g/mol. The van der Waals surface area contributed by atoms with E-state index in [9.17, 15) is 9.18 Å². The maximum atomic E-state index is 12.8. The minimum absolute atomic E-state index is 0.305. The fourth-order valence-corrected chi connectivity index (χ4v) is 1.07. The molecule has 1 atom stereocenters. The summed E-state index contributed by atoms with van der Waals surface area (Å²) in [7, 11) is 1.19. The van der Waals surface area contributed by atoms with Gasteiger partial charge in [-0.3, -0.25) is 4.79 Å². The van der Waals surface area contributed by atoms with Crippen LogP contribution in [-0.2, 0) is 9.53 Å². The quantitative estimate of drug-likeness (QED) is 0.670. The Morgan fingerprint density at radius 1 is 1.64 bits per heavy atom. The second-order valence-corrected chi connectivity index (χ2v) is 2.64. The largest absolute Gasteiger partial charge is 0.468 e. The maximum absolute atomic E-state index is 12.8. The van der Waals surface area contributed by atoms with Crippen LogP contribution in [0.25, 0.3) is 0 Å². The highest BCUT2D eigenvalue weighted by atomic mass is 19.1. The van der Waals surface area contributed by atoms with E-state index in [1.54, 1.807) is 6.07 Å². The molecule has 0 spiro atoms. The number of benzene rings is 1. The minimum atomic E-state index is -1.06. The van der Waals surface area contributed by atoms with Crippen LogP contribution < -0.4 is 0 Å². The molecule has 0 bridgehead atoms. The monoisotopic (exact) mass is 193 g/mol. The van der Waals surface area contributed by atoms with Gasteiger partial charge in [0.15, 0.2) is 5.92 Å². The molecule has 1 unspecified atom stereocenters. The molecule has 0 aromatic heterocycles. The van der Waals surface area contributed by atoms with E-state index in [2.05, 4.69) is 4.74 Å². The van der Waals surface area contributed by atoms with Crippen LogP contribution >= 0.6 is 0 Å². The van der Waals surface area contributed by atoms with E-state index in [1.165, 1.54) is 25.3 Å². The van der Waals surface area contributed by atoms with Crippen LogP contribution in [0.2, 0.25) is 0 Å². The topological polar surface area (TPSA) is 50.1 Å². The number of nitrogens with zero attached hydrogens (tertiary/aromatic N) is 1. The summed E-state index contributed by atoms with van der Waals surface area (Å²) >= 11 is 0. The van der Waals surface area contributed by atoms with E-state index in [0.29, 0.717) is 5.56 Å². The SMILES string of the molecule is COC(=O)C(C#N)c1cccc(F)c1. The average Bonchev–Trinajstić information content (AvgIpc) is 2.19. The van der Waals surface area contributed by atoms with Crippen LogP contribution in [0.3, 0.4) is 0 Å². The Morgan fingerprint density at radius 3 is 2.86 bits per heavy atom. The molecular weight excluding hydrogens is 185 g/mol. The lowest BCUT2D eigenvalue weighted by molar-refractivity contribution is -0.140. The zero-order chi connectivity index (χ0) is 10.6. The second kappa shape index (κ2) is 4.38. The van der Waals surface area contributed by atoms with Crippen LogP contribution in [0.5, 0.6) is 0 Å². The highest BCUT2D eigenvalue weighted by Crippen LogP contribution is 2.17. The molecule has 4 heteroatoms. The molecule has 0 aliphatic heterocycles. The van der Waals surface area contributed by atoms with E-state index >= 15 is 0 Å². The molecule has 1 aromatic carbocycles. The molecule has 0 heterocycles. The van der Waals surface area contributed by atoms with Gasteiger partial charge in [0.05, 0.1) is 13.2 Å². The van der Waals surface area contributed by atoms with Gasteiger partial charge in [0.2, 0.25) is 0 Å². The van der Waals surface area contributed by atoms with Gasteiger partial charge in [-0.1, -0.05) is 12.1 Å². The predicted octanol–water partition coefficient (Wildman–Crippen LogP) is 1.61. The van der Waals surface area contributed by atoms with Gasteiger partial charge in [-0.2, -0.15) is 5.26 Å². The molecule has 0 saturated heterocycles. The van der Waals surface area contributed by atoms with E-state index < -0.39 is 17.7 Å². The van der Waals surface area contributed by atoms with E-state index in [1.807, 2.05) is 0 Å². The van der Waals surface area contributed by atoms with Gasteiger partial charge >= 0.3 is 5.97 Å². The second-order valence-electron chi connectivity index (χ2n) is 2.64. The van der Waals surface area contributed by atoms with Crippen LogP contribution in [-0.4, -0.2) is 13.1 Å². The van der Waals surface area contributed by atoms with Crippen molar-refractivity contribution in [1.82, 2.24) is 0 Å². The fraction of sp³-hybridized carbons (Fsp3) is 0.200. The Kier molecular flexibility index (Phi) is 3.19. The first-order valence-electron chi connectivity index (χ1n) is 3.92. The molecular formula is C10H8FNO2. The number of carbonyl (C=O) groups is 1. The number of hydrogen-bond acceptors (Lipinski definition) is 3. The summed E-state index contributed by atoms with van der Waals surface area (Å²) in [5.74, 6) is -2.22. The van der Waals surface area contributed by atoms with Crippen molar-refractivity contribution in [3.63, 3.8) is 0 Å². The minimum Gasteiger partial charge on any atom is -0.468 e. The Bertz CT molecular complexity index is 384. The fourth-order valence-electron chi connectivity index (χ4n) is 1.07. The van der Waals surface area contributed by atoms with E-state index in [0.717, 1.165) is 6.07 Å². The number of esters is 1. The third-order valence-corrected chi connectivity index (χ3v) is 1.75. The number of hydrogen-bond donors (Lipinski definition) is 0. The molecule has 0 N–H and O–H groups in total. The van der Waals surface area contributed by atoms with Crippen molar-refractivity contribution in [3.05, 3.63) is 35.6 Å². The summed E-state index contributed by atoms with van der Waals surface area (Å²) in [5.41, 5.74) is 0.305. The number of carbonyl (C=O) groups excluding carboxylic acids is 1. The molecule has 1 rings (SSSR count). The first-order valence-corrected chi connectivity index (χ1v) is 3.92. The zero-order valence-corrected chi connectivity index (χ0v) is 7.53. The van der Waals surface area contributed by atoms with E-state index in [-0.39, 0.29) is 0 Å². The number of nitriles is 1. The first kappa shape index (κ1) is 10.2. The zero-order valence-electron chi connectivity index (χ0n) is 7.53. The molecule has 72 valence electrons. The first-order chi connectivity index (χ1) is 6.69. The summed E-state index contributed by atoms with van der Waals surface area (Å²) in [5, 5.41) is 8.70. The molecule has 0 radical (unpaired) electrons. The maximum Gasteiger partial charge on any atom is 0.327 e. The lowest BCUT2D eigenvalue weighted by Crippen LogP contribution is -2.12. The molecule has 0 aliphatic rings. The van der Waals surface area contributed by atoms with Crippen molar-refractivity contribution in [2.75, 3.05) is 7.11 Å². The van der Waals surface area contributed by atoms with Crippen molar-refractivity contribution in [1.29, 1.82) is 5.26 Å². The normalized spacial score (nSPS) is 11.5. The van der Waals surface area contributed by atoms with E-state index in [4.69, 9.17) is 5.26 Å². The van der Waals surface area contributed by atoms with Gasteiger partial charge in [-0.25, -0.2) is 4.39 Å². The summed E-state index contributed by atoms with van der Waals surface area (Å²) in [6, 6.07) is 7.09. The third-order valence-electron chi connectivity index (χ3n) is 1.75. The van der Waals surface area contributed by atoms with Gasteiger partial charge in [0.1, 0.15) is 5.82 Å². The van der Waals surface area contributed by atoms with Crippen molar-refractivity contribution in [2.24, 2.45) is 0 Å². The summed E-state index contributed by atoms with van der Waals surface area (Å²) in [6.07, 6.45) is 0. The standard InChI is InChI=1S/C10H8FNO2/c1-14-10(13)9(6-12)7-3-2-4-8(11)5-7/h2-5,9H,1H3. The Hall–Kier alpha value is -1.89. The number of ether oxygens (including phenoxy) is 1. The smallest absolute Gasteiger partial charge is 0.327 e. The molecule has 0 amide bonds. The number of rotatable bonds is 2. The predicted molar refractivity (Wildman–Crippen MR) is 46.8 cm³/mol. The highest BCUT2D eigenvalue weighted by molar-refractivity contribution is 5.81.